The standard InChI is InChI=1S/C16H25FN2O2/c1-11(2)6-7-19-16(20)10-21-15-5-4-13(8-12(3)18)9-14(15)17/h4-5,9,11-12H,6-8,10,18H2,1-3H3,(H,19,20). The van der Waals surface area contributed by atoms with Gasteiger partial charge in [-0.15, -0.1) is 0 Å². The molecular weight excluding hydrogens is 271 g/mol. The van der Waals surface area contributed by atoms with E-state index in [0.717, 1.165) is 12.0 Å². The number of carbonyl (C=O) groups excluding carboxylic acids is 1. The number of nitrogens with one attached hydrogen (secondary N) is 1. The number of hydrogen-bond donors (Lipinski definition) is 2. The zero-order valence-corrected chi connectivity index (χ0v) is 13.0. The van der Waals surface area contributed by atoms with Gasteiger partial charge in [-0.25, -0.2) is 4.39 Å². The minimum atomic E-state index is -0.469. The predicted molar refractivity (Wildman–Crippen MR) is 81.7 cm³/mol. The Morgan fingerprint density at radius 1 is 1.38 bits per heavy atom. The van der Waals surface area contributed by atoms with Crippen molar-refractivity contribution in [2.75, 3.05) is 13.2 Å². The average Bonchev–Trinajstić information content (AvgIpc) is 2.36. The Hall–Kier alpha value is -1.62. The van der Waals surface area contributed by atoms with Crippen molar-refractivity contribution in [2.24, 2.45) is 11.7 Å². The van der Waals surface area contributed by atoms with E-state index in [1.165, 1.54) is 12.1 Å². The predicted octanol–water partition coefficient (Wildman–Crippen LogP) is 2.26. The van der Waals surface area contributed by atoms with Crippen molar-refractivity contribution in [3.63, 3.8) is 0 Å². The van der Waals surface area contributed by atoms with Gasteiger partial charge in [0.2, 0.25) is 0 Å². The Bertz CT molecular complexity index is 462. The summed E-state index contributed by atoms with van der Waals surface area (Å²) in [5.74, 6) is -0.0959. The van der Waals surface area contributed by atoms with Gasteiger partial charge in [0.25, 0.3) is 5.91 Å². The maximum atomic E-state index is 13.8. The third-order valence-electron chi connectivity index (χ3n) is 2.96. The molecule has 0 aromatic heterocycles. The molecule has 1 atom stereocenters. The summed E-state index contributed by atoms with van der Waals surface area (Å²) in [5.41, 5.74) is 6.49. The highest BCUT2D eigenvalue weighted by Gasteiger charge is 2.09. The van der Waals surface area contributed by atoms with E-state index < -0.39 is 5.82 Å². The number of carbonyl (C=O) groups is 1. The first-order valence-corrected chi connectivity index (χ1v) is 7.32. The molecule has 0 spiro atoms. The Morgan fingerprint density at radius 2 is 2.10 bits per heavy atom. The van der Waals surface area contributed by atoms with Crippen molar-refractivity contribution in [2.45, 2.75) is 39.7 Å². The molecule has 0 aliphatic rings. The summed E-state index contributed by atoms with van der Waals surface area (Å²) in [7, 11) is 0. The van der Waals surface area contributed by atoms with Crippen LogP contribution >= 0.6 is 0 Å². The second-order valence-electron chi connectivity index (χ2n) is 5.77. The van der Waals surface area contributed by atoms with Crippen LogP contribution in [0.3, 0.4) is 0 Å². The minimum absolute atomic E-state index is 0.0251. The first-order chi connectivity index (χ1) is 9.88. The lowest BCUT2D eigenvalue weighted by Gasteiger charge is -2.11. The quantitative estimate of drug-likeness (QED) is 0.773. The summed E-state index contributed by atoms with van der Waals surface area (Å²) >= 11 is 0. The van der Waals surface area contributed by atoms with Gasteiger partial charge in [0, 0.05) is 12.6 Å². The monoisotopic (exact) mass is 296 g/mol. The zero-order chi connectivity index (χ0) is 15.8. The molecule has 5 heteroatoms. The SMILES string of the molecule is CC(C)CCNC(=O)COc1ccc(CC(C)N)cc1F. The lowest BCUT2D eigenvalue weighted by molar-refractivity contribution is -0.123. The van der Waals surface area contributed by atoms with Crippen LogP contribution in [0, 0.1) is 11.7 Å². The lowest BCUT2D eigenvalue weighted by atomic mass is 10.1. The smallest absolute Gasteiger partial charge is 0.257 e. The summed E-state index contributed by atoms with van der Waals surface area (Å²) in [6, 6.07) is 4.67. The highest BCUT2D eigenvalue weighted by atomic mass is 19.1. The highest BCUT2D eigenvalue weighted by molar-refractivity contribution is 5.77. The van der Waals surface area contributed by atoms with Crippen LogP contribution in [-0.4, -0.2) is 25.1 Å². The molecule has 3 N–H and O–H groups in total. The number of nitrogens with two attached hydrogens (primary N) is 1. The molecule has 118 valence electrons. The molecule has 0 bridgehead atoms. The molecule has 4 nitrogen and oxygen atoms in total. The summed E-state index contributed by atoms with van der Waals surface area (Å²) < 4.78 is 19.0. The van der Waals surface area contributed by atoms with Crippen LogP contribution in [0.1, 0.15) is 32.8 Å². The van der Waals surface area contributed by atoms with E-state index in [9.17, 15) is 9.18 Å². The van der Waals surface area contributed by atoms with Gasteiger partial charge in [-0.3, -0.25) is 4.79 Å². The van der Waals surface area contributed by atoms with Crippen molar-refractivity contribution >= 4 is 5.91 Å². The van der Waals surface area contributed by atoms with Gasteiger partial charge < -0.3 is 15.8 Å². The third kappa shape index (κ3) is 7.09. The van der Waals surface area contributed by atoms with Gasteiger partial charge in [0.15, 0.2) is 18.2 Å². The fourth-order valence-electron chi connectivity index (χ4n) is 1.85. The number of halogens is 1. The summed E-state index contributed by atoms with van der Waals surface area (Å²) in [5, 5.41) is 2.74. The first-order valence-electron chi connectivity index (χ1n) is 7.32. The largest absolute Gasteiger partial charge is 0.481 e. The van der Waals surface area contributed by atoms with E-state index in [-0.39, 0.29) is 24.3 Å². The fraction of sp³-hybridized carbons (Fsp3) is 0.562. The maximum Gasteiger partial charge on any atom is 0.257 e. The Kier molecular flexibility index (Phi) is 7.15. The van der Waals surface area contributed by atoms with E-state index in [1.807, 2.05) is 6.92 Å². The highest BCUT2D eigenvalue weighted by Crippen LogP contribution is 2.19. The van der Waals surface area contributed by atoms with E-state index in [4.69, 9.17) is 10.5 Å². The molecule has 0 fully saturated rings. The van der Waals surface area contributed by atoms with Crippen LogP contribution in [0.2, 0.25) is 0 Å². The van der Waals surface area contributed by atoms with Gasteiger partial charge in [-0.2, -0.15) is 0 Å². The fourth-order valence-corrected chi connectivity index (χ4v) is 1.85. The lowest BCUT2D eigenvalue weighted by Crippen LogP contribution is -2.30. The van der Waals surface area contributed by atoms with E-state index in [1.54, 1.807) is 6.07 Å². The molecule has 1 amide bonds. The van der Waals surface area contributed by atoms with Crippen molar-refractivity contribution in [1.29, 1.82) is 0 Å². The third-order valence-corrected chi connectivity index (χ3v) is 2.96. The van der Waals surface area contributed by atoms with Crippen LogP contribution in [0.15, 0.2) is 18.2 Å². The van der Waals surface area contributed by atoms with Crippen molar-refractivity contribution in [3.8, 4) is 5.75 Å². The van der Waals surface area contributed by atoms with Crippen molar-refractivity contribution < 1.29 is 13.9 Å². The summed E-state index contributed by atoms with van der Waals surface area (Å²) in [4.78, 5) is 11.5. The Balaban J connectivity index is 2.43. The van der Waals surface area contributed by atoms with Crippen LogP contribution in [-0.2, 0) is 11.2 Å². The van der Waals surface area contributed by atoms with Crippen molar-refractivity contribution in [3.05, 3.63) is 29.6 Å². The topological polar surface area (TPSA) is 64.3 Å². The normalized spacial score (nSPS) is 12.3. The van der Waals surface area contributed by atoms with Gasteiger partial charge in [-0.1, -0.05) is 19.9 Å². The van der Waals surface area contributed by atoms with E-state index in [0.29, 0.717) is 18.9 Å². The summed E-state index contributed by atoms with van der Waals surface area (Å²) in [6.45, 7) is 6.46. The molecule has 0 saturated carbocycles. The molecule has 1 rings (SSSR count). The number of benzene rings is 1. The van der Waals surface area contributed by atoms with Gasteiger partial charge >= 0.3 is 0 Å². The number of amides is 1. The molecule has 0 radical (unpaired) electrons. The second-order valence-corrected chi connectivity index (χ2v) is 5.77. The second kappa shape index (κ2) is 8.62. The Morgan fingerprint density at radius 3 is 2.67 bits per heavy atom. The molecule has 0 aliphatic carbocycles. The van der Waals surface area contributed by atoms with Crippen LogP contribution in [0.4, 0.5) is 4.39 Å². The molecule has 1 aromatic rings. The molecule has 1 aromatic carbocycles. The van der Waals surface area contributed by atoms with Gasteiger partial charge in [-0.05, 0) is 43.4 Å². The molecular formula is C16H25FN2O2. The minimum Gasteiger partial charge on any atom is -0.481 e. The van der Waals surface area contributed by atoms with Crippen LogP contribution in [0.5, 0.6) is 5.75 Å². The molecule has 0 aliphatic heterocycles. The number of ether oxygens (including phenoxy) is 1. The number of hydrogen-bond acceptors (Lipinski definition) is 3. The molecule has 0 heterocycles. The van der Waals surface area contributed by atoms with Crippen LogP contribution in [0.25, 0.3) is 0 Å². The zero-order valence-electron chi connectivity index (χ0n) is 13.0. The molecule has 21 heavy (non-hydrogen) atoms. The van der Waals surface area contributed by atoms with Gasteiger partial charge in [0.05, 0.1) is 0 Å². The molecule has 0 saturated heterocycles. The summed E-state index contributed by atoms with van der Waals surface area (Å²) in [6.07, 6.45) is 1.51. The molecule has 1 unspecified atom stereocenters. The van der Waals surface area contributed by atoms with E-state index in [2.05, 4.69) is 19.2 Å². The van der Waals surface area contributed by atoms with E-state index >= 15 is 0 Å². The Labute approximate surface area is 125 Å². The van der Waals surface area contributed by atoms with Gasteiger partial charge in [0.1, 0.15) is 0 Å². The van der Waals surface area contributed by atoms with Crippen molar-refractivity contribution in [1.82, 2.24) is 5.32 Å². The maximum absolute atomic E-state index is 13.8. The van der Waals surface area contributed by atoms with Crippen LogP contribution < -0.4 is 15.8 Å². The average molecular weight is 296 g/mol. The first kappa shape index (κ1) is 17.4. The number of rotatable bonds is 8.